The molecule has 4 heteroatoms. The third kappa shape index (κ3) is 1.96. The number of benzene rings is 1. The van der Waals surface area contributed by atoms with Gasteiger partial charge in [0.15, 0.2) is 0 Å². The van der Waals surface area contributed by atoms with Crippen molar-refractivity contribution in [2.75, 3.05) is 0 Å². The van der Waals surface area contributed by atoms with Crippen molar-refractivity contribution >= 4 is 17.6 Å². The van der Waals surface area contributed by atoms with Crippen LogP contribution in [-0.4, -0.2) is 11.1 Å². The summed E-state index contributed by atoms with van der Waals surface area (Å²) in [6.45, 7) is 0. The summed E-state index contributed by atoms with van der Waals surface area (Å²) in [6, 6.07) is 5.45. The second-order valence-electron chi connectivity index (χ2n) is 2.37. The normalized spacial score (nSPS) is 12.5. The molecule has 0 saturated heterocycles. The lowest BCUT2D eigenvalue weighted by molar-refractivity contribution is -0.138. The highest BCUT2D eigenvalue weighted by Gasteiger charge is 2.12. The molecule has 0 unspecified atom stereocenters. The topological polar surface area (TPSA) is 63.3 Å². The SMILES string of the molecule is N[C@H](C(=O)O)c1ccc(Cl)cc1. The number of carboxylic acids is 1. The fraction of sp³-hybridized carbons (Fsp3) is 0.125. The van der Waals surface area contributed by atoms with E-state index in [1.54, 1.807) is 24.3 Å². The molecule has 1 rings (SSSR count). The molecule has 3 nitrogen and oxygen atoms in total. The average molecular weight is 186 g/mol. The van der Waals surface area contributed by atoms with E-state index in [0.717, 1.165) is 0 Å². The minimum absolute atomic E-state index is 0.548. The van der Waals surface area contributed by atoms with Gasteiger partial charge in [0.2, 0.25) is 0 Å². The van der Waals surface area contributed by atoms with Crippen molar-refractivity contribution in [3.63, 3.8) is 0 Å². The van der Waals surface area contributed by atoms with E-state index in [0.29, 0.717) is 10.6 Å². The molecule has 64 valence electrons. The monoisotopic (exact) mass is 185 g/mol. The Morgan fingerprint density at radius 2 is 1.92 bits per heavy atom. The van der Waals surface area contributed by atoms with E-state index in [2.05, 4.69) is 0 Å². The van der Waals surface area contributed by atoms with Crippen LogP contribution in [0.3, 0.4) is 0 Å². The molecule has 3 N–H and O–H groups in total. The van der Waals surface area contributed by atoms with Gasteiger partial charge in [-0.1, -0.05) is 23.7 Å². The molecule has 1 aromatic carbocycles. The van der Waals surface area contributed by atoms with E-state index < -0.39 is 12.0 Å². The van der Waals surface area contributed by atoms with E-state index in [9.17, 15) is 4.79 Å². The Kier molecular flexibility index (Phi) is 2.68. The number of aliphatic carboxylic acids is 1. The number of nitrogens with two attached hydrogens (primary N) is 1. The van der Waals surface area contributed by atoms with Gasteiger partial charge < -0.3 is 10.8 Å². The van der Waals surface area contributed by atoms with Crippen molar-refractivity contribution in [3.05, 3.63) is 34.9 Å². The molecule has 1 aromatic rings. The zero-order chi connectivity index (χ0) is 9.14. The first-order valence-electron chi connectivity index (χ1n) is 3.35. The summed E-state index contributed by atoms with van der Waals surface area (Å²) in [7, 11) is 0. The Balaban J connectivity index is 2.89. The third-order valence-electron chi connectivity index (χ3n) is 1.50. The molecule has 0 radical (unpaired) electrons. The Morgan fingerprint density at radius 3 is 2.33 bits per heavy atom. The minimum Gasteiger partial charge on any atom is -0.480 e. The van der Waals surface area contributed by atoms with Crippen LogP contribution in [0.5, 0.6) is 0 Å². The van der Waals surface area contributed by atoms with Crippen LogP contribution in [0.25, 0.3) is 0 Å². The van der Waals surface area contributed by atoms with Crippen LogP contribution < -0.4 is 5.73 Å². The molecule has 12 heavy (non-hydrogen) atoms. The molecule has 0 aliphatic rings. The number of halogens is 1. The van der Waals surface area contributed by atoms with Gasteiger partial charge in [0.25, 0.3) is 0 Å². The van der Waals surface area contributed by atoms with E-state index >= 15 is 0 Å². The smallest absolute Gasteiger partial charge is 0.325 e. The van der Waals surface area contributed by atoms with Crippen LogP contribution in [-0.2, 0) is 4.79 Å². The van der Waals surface area contributed by atoms with E-state index in [-0.39, 0.29) is 0 Å². The fourth-order valence-electron chi connectivity index (χ4n) is 0.813. The zero-order valence-corrected chi connectivity index (χ0v) is 6.95. The number of hydrogen-bond donors (Lipinski definition) is 2. The second-order valence-corrected chi connectivity index (χ2v) is 2.80. The molecule has 0 amide bonds. The predicted octanol–water partition coefficient (Wildman–Crippen LogP) is 1.42. The van der Waals surface area contributed by atoms with Crippen LogP contribution in [0.2, 0.25) is 5.02 Å². The summed E-state index contributed by atoms with van der Waals surface area (Å²) >= 11 is 5.61. The maximum Gasteiger partial charge on any atom is 0.325 e. The number of rotatable bonds is 2. The Morgan fingerprint density at radius 1 is 1.42 bits per heavy atom. The largest absolute Gasteiger partial charge is 0.480 e. The van der Waals surface area contributed by atoms with E-state index in [1.165, 1.54) is 0 Å². The standard InChI is InChI=1S/C8H8ClNO2/c9-6-3-1-5(2-4-6)7(10)8(11)12/h1-4,7H,10H2,(H,11,12)/t7-/m0/s1. The molecule has 0 aliphatic carbocycles. The van der Waals surface area contributed by atoms with Gasteiger partial charge >= 0.3 is 5.97 Å². The summed E-state index contributed by atoms with van der Waals surface area (Å²) in [5.74, 6) is -1.04. The van der Waals surface area contributed by atoms with E-state index in [4.69, 9.17) is 22.4 Å². The van der Waals surface area contributed by atoms with Crippen LogP contribution >= 0.6 is 11.6 Å². The van der Waals surface area contributed by atoms with Gasteiger partial charge in [0, 0.05) is 5.02 Å². The van der Waals surface area contributed by atoms with Crippen LogP contribution in [0.1, 0.15) is 11.6 Å². The summed E-state index contributed by atoms with van der Waals surface area (Å²) in [4.78, 5) is 10.4. The summed E-state index contributed by atoms with van der Waals surface area (Å²) in [6.07, 6.45) is 0. The lowest BCUT2D eigenvalue weighted by atomic mass is 10.1. The van der Waals surface area contributed by atoms with Crippen molar-refractivity contribution in [3.8, 4) is 0 Å². The number of carbonyl (C=O) groups is 1. The molecule has 0 bridgehead atoms. The van der Waals surface area contributed by atoms with Crippen molar-refractivity contribution in [1.82, 2.24) is 0 Å². The highest BCUT2D eigenvalue weighted by atomic mass is 35.5. The molecule has 0 saturated carbocycles. The lowest BCUT2D eigenvalue weighted by Gasteiger charge is -2.05. The first-order valence-corrected chi connectivity index (χ1v) is 3.73. The van der Waals surface area contributed by atoms with Gasteiger partial charge in [-0.3, -0.25) is 4.79 Å². The zero-order valence-electron chi connectivity index (χ0n) is 6.20. The molecular formula is C8H8ClNO2. The Hall–Kier alpha value is -1.06. The highest BCUT2D eigenvalue weighted by Crippen LogP contribution is 2.14. The van der Waals surface area contributed by atoms with Gasteiger partial charge in [0.1, 0.15) is 6.04 Å². The Bertz CT molecular complexity index is 284. The maximum atomic E-state index is 10.4. The lowest BCUT2D eigenvalue weighted by Crippen LogP contribution is -2.20. The molecule has 0 fully saturated rings. The van der Waals surface area contributed by atoms with Crippen molar-refractivity contribution in [1.29, 1.82) is 0 Å². The minimum atomic E-state index is -1.04. The second kappa shape index (κ2) is 3.56. The number of hydrogen-bond acceptors (Lipinski definition) is 2. The molecule has 0 heterocycles. The average Bonchev–Trinajstić information content (AvgIpc) is 2.04. The van der Waals surface area contributed by atoms with Crippen molar-refractivity contribution < 1.29 is 9.90 Å². The fourth-order valence-corrected chi connectivity index (χ4v) is 0.939. The van der Waals surface area contributed by atoms with Gasteiger partial charge in [-0.05, 0) is 17.7 Å². The maximum absolute atomic E-state index is 10.4. The summed E-state index contributed by atoms with van der Waals surface area (Å²) in [5, 5.41) is 9.11. The Labute approximate surface area is 74.8 Å². The summed E-state index contributed by atoms with van der Waals surface area (Å²) < 4.78 is 0. The predicted molar refractivity (Wildman–Crippen MR) is 46.0 cm³/mol. The van der Waals surface area contributed by atoms with Gasteiger partial charge in [-0.15, -0.1) is 0 Å². The molecule has 1 atom stereocenters. The van der Waals surface area contributed by atoms with Crippen molar-refractivity contribution in [2.45, 2.75) is 6.04 Å². The summed E-state index contributed by atoms with van der Waals surface area (Å²) in [5.41, 5.74) is 5.89. The third-order valence-corrected chi connectivity index (χ3v) is 1.75. The van der Waals surface area contributed by atoms with Gasteiger partial charge in [-0.2, -0.15) is 0 Å². The van der Waals surface area contributed by atoms with Gasteiger partial charge in [0.05, 0.1) is 0 Å². The van der Waals surface area contributed by atoms with E-state index in [1.807, 2.05) is 0 Å². The highest BCUT2D eigenvalue weighted by molar-refractivity contribution is 6.30. The first-order chi connectivity index (χ1) is 5.61. The van der Waals surface area contributed by atoms with Crippen LogP contribution in [0.4, 0.5) is 0 Å². The number of carboxylic acid groups (broad SMARTS) is 1. The van der Waals surface area contributed by atoms with Gasteiger partial charge in [-0.25, -0.2) is 0 Å². The molecule has 0 aromatic heterocycles. The van der Waals surface area contributed by atoms with Crippen LogP contribution in [0.15, 0.2) is 24.3 Å². The quantitative estimate of drug-likeness (QED) is 0.733. The molecule has 0 spiro atoms. The molecule has 0 aliphatic heterocycles. The first kappa shape index (κ1) is 9.03. The molecular weight excluding hydrogens is 178 g/mol. The van der Waals surface area contributed by atoms with Crippen LogP contribution in [0, 0.1) is 0 Å². The van der Waals surface area contributed by atoms with Crippen molar-refractivity contribution in [2.24, 2.45) is 5.73 Å².